The lowest BCUT2D eigenvalue weighted by Crippen LogP contribution is -2.22. The van der Waals surface area contributed by atoms with Crippen molar-refractivity contribution in [2.24, 2.45) is 5.73 Å². The van der Waals surface area contributed by atoms with Gasteiger partial charge in [-0.25, -0.2) is 0 Å². The van der Waals surface area contributed by atoms with Crippen molar-refractivity contribution in [3.05, 3.63) is 93.5 Å². The maximum absolute atomic E-state index is 11.5. The molecule has 2 heterocycles. The first-order chi connectivity index (χ1) is 15.1. The van der Waals surface area contributed by atoms with Gasteiger partial charge in [-0.05, 0) is 90.9 Å². The quantitative estimate of drug-likeness (QED) is 0.578. The summed E-state index contributed by atoms with van der Waals surface area (Å²) in [7, 11) is 0. The second kappa shape index (κ2) is 8.37. The Morgan fingerprint density at radius 1 is 1.00 bits per heavy atom. The number of amides is 1. The average molecular weight is 433 g/mol. The average Bonchev–Trinajstić information content (AvgIpc) is 3.14. The van der Waals surface area contributed by atoms with Gasteiger partial charge in [-0.15, -0.1) is 0 Å². The topological polar surface area (TPSA) is 55.6 Å². The van der Waals surface area contributed by atoms with Gasteiger partial charge in [0.05, 0.1) is 0 Å². The van der Waals surface area contributed by atoms with Crippen LogP contribution < -0.4 is 10.5 Å². The van der Waals surface area contributed by atoms with E-state index in [4.69, 9.17) is 22.1 Å². The minimum atomic E-state index is -0.410. The van der Waals surface area contributed by atoms with Gasteiger partial charge in [-0.1, -0.05) is 35.9 Å². The van der Waals surface area contributed by atoms with Crippen LogP contribution >= 0.6 is 11.6 Å². The van der Waals surface area contributed by atoms with Crippen LogP contribution in [-0.4, -0.2) is 17.4 Å². The number of rotatable bonds is 4. The van der Waals surface area contributed by atoms with Crippen molar-refractivity contribution in [3.8, 4) is 11.5 Å². The number of fused-ring (bicyclic) bond motifs is 2. The molecule has 158 valence electrons. The van der Waals surface area contributed by atoms with Crippen molar-refractivity contribution in [2.45, 2.75) is 38.3 Å². The van der Waals surface area contributed by atoms with Gasteiger partial charge in [-0.3, -0.25) is 9.69 Å². The summed E-state index contributed by atoms with van der Waals surface area (Å²) in [5.74, 6) is 1.29. The first kappa shape index (κ1) is 20.1. The fourth-order valence-electron chi connectivity index (χ4n) is 4.75. The highest BCUT2D eigenvalue weighted by molar-refractivity contribution is 6.30. The number of benzene rings is 3. The van der Waals surface area contributed by atoms with Crippen molar-refractivity contribution in [3.63, 3.8) is 0 Å². The molecule has 1 amide bonds. The summed E-state index contributed by atoms with van der Waals surface area (Å²) in [6.45, 7) is 2.02. The number of hydrogen-bond acceptors (Lipinski definition) is 3. The Balaban J connectivity index is 1.35. The van der Waals surface area contributed by atoms with E-state index in [1.54, 1.807) is 6.07 Å². The lowest BCUT2D eigenvalue weighted by Gasteiger charge is -2.25. The van der Waals surface area contributed by atoms with Gasteiger partial charge in [0.2, 0.25) is 5.91 Å². The Kier molecular flexibility index (Phi) is 5.43. The summed E-state index contributed by atoms with van der Waals surface area (Å²) in [6, 6.07) is 20.6. The van der Waals surface area contributed by atoms with Crippen LogP contribution in [0.3, 0.4) is 0 Å². The standard InChI is InChI=1S/C26H25ClN2O2/c27-22-9-6-18(7-10-22)23-2-1-13-29(23)16-17-3-11-24-19(14-17)4-5-20-15-21(26(28)30)8-12-25(20)31-24/h3,6-12,14-15,23H,1-2,4-5,13,16H2,(H2,28,30). The molecule has 1 saturated heterocycles. The molecule has 1 unspecified atom stereocenters. The van der Waals surface area contributed by atoms with E-state index >= 15 is 0 Å². The molecule has 2 aliphatic rings. The van der Waals surface area contributed by atoms with Crippen molar-refractivity contribution >= 4 is 17.5 Å². The molecule has 0 spiro atoms. The Morgan fingerprint density at radius 2 is 1.71 bits per heavy atom. The van der Waals surface area contributed by atoms with Crippen LogP contribution in [-0.2, 0) is 19.4 Å². The molecule has 0 aromatic heterocycles. The minimum absolute atomic E-state index is 0.410. The lowest BCUT2D eigenvalue weighted by atomic mass is 10.0. The monoisotopic (exact) mass is 432 g/mol. The van der Waals surface area contributed by atoms with Gasteiger partial charge in [0.1, 0.15) is 11.5 Å². The third-order valence-electron chi connectivity index (χ3n) is 6.36. The van der Waals surface area contributed by atoms with E-state index in [2.05, 4.69) is 35.2 Å². The number of hydrogen-bond donors (Lipinski definition) is 1. The van der Waals surface area contributed by atoms with E-state index in [1.165, 1.54) is 29.5 Å². The van der Waals surface area contributed by atoms with Crippen molar-refractivity contribution in [2.75, 3.05) is 6.54 Å². The highest BCUT2D eigenvalue weighted by atomic mass is 35.5. The van der Waals surface area contributed by atoms with E-state index in [9.17, 15) is 4.79 Å². The van der Waals surface area contributed by atoms with Crippen LogP contribution in [0.1, 0.15) is 51.5 Å². The predicted molar refractivity (Wildman–Crippen MR) is 123 cm³/mol. The fraction of sp³-hybridized carbons (Fsp3) is 0.269. The summed E-state index contributed by atoms with van der Waals surface area (Å²) >= 11 is 6.07. The number of primary amides is 1. The third kappa shape index (κ3) is 4.18. The van der Waals surface area contributed by atoms with Crippen LogP contribution in [0, 0.1) is 0 Å². The van der Waals surface area contributed by atoms with Crippen LogP contribution in [0.25, 0.3) is 0 Å². The smallest absolute Gasteiger partial charge is 0.248 e. The number of carbonyl (C=O) groups excluding carboxylic acids is 1. The zero-order valence-corrected chi connectivity index (χ0v) is 18.1. The summed E-state index contributed by atoms with van der Waals surface area (Å²) in [5.41, 5.74) is 10.8. The second-order valence-electron chi connectivity index (χ2n) is 8.41. The maximum Gasteiger partial charge on any atom is 0.248 e. The molecule has 2 N–H and O–H groups in total. The number of nitrogens with zero attached hydrogens (tertiary/aromatic N) is 1. The molecule has 5 rings (SSSR count). The predicted octanol–water partition coefficient (Wildman–Crippen LogP) is 5.67. The number of ether oxygens (including phenoxy) is 1. The maximum atomic E-state index is 11.5. The van der Waals surface area contributed by atoms with Gasteiger partial charge in [0.25, 0.3) is 0 Å². The molecule has 5 heteroatoms. The van der Waals surface area contributed by atoms with E-state index in [0.717, 1.165) is 48.0 Å². The van der Waals surface area contributed by atoms with E-state index in [0.29, 0.717) is 11.6 Å². The van der Waals surface area contributed by atoms with Crippen LogP contribution in [0.4, 0.5) is 0 Å². The van der Waals surface area contributed by atoms with Crippen LogP contribution in [0.5, 0.6) is 11.5 Å². The number of aryl methyl sites for hydroxylation is 2. The molecule has 0 bridgehead atoms. The fourth-order valence-corrected chi connectivity index (χ4v) is 4.88. The summed E-state index contributed by atoms with van der Waals surface area (Å²) < 4.78 is 6.19. The number of likely N-dealkylation sites (tertiary alicyclic amines) is 1. The summed E-state index contributed by atoms with van der Waals surface area (Å²) in [4.78, 5) is 14.1. The molecule has 1 fully saturated rings. The number of nitrogens with two attached hydrogens (primary N) is 1. The third-order valence-corrected chi connectivity index (χ3v) is 6.61. The Labute approximate surface area is 187 Å². The van der Waals surface area contributed by atoms with E-state index in [-0.39, 0.29) is 0 Å². The van der Waals surface area contributed by atoms with Crippen molar-refractivity contribution < 1.29 is 9.53 Å². The molecule has 4 nitrogen and oxygen atoms in total. The molecule has 0 aliphatic carbocycles. The van der Waals surface area contributed by atoms with Gasteiger partial charge >= 0.3 is 0 Å². The molecule has 31 heavy (non-hydrogen) atoms. The molecule has 1 atom stereocenters. The van der Waals surface area contributed by atoms with Gasteiger partial charge in [0.15, 0.2) is 0 Å². The molecule has 2 aliphatic heterocycles. The highest BCUT2D eigenvalue weighted by Gasteiger charge is 2.26. The second-order valence-corrected chi connectivity index (χ2v) is 8.85. The molecule has 0 radical (unpaired) electrons. The molecule has 3 aromatic rings. The normalized spacial score (nSPS) is 18.0. The van der Waals surface area contributed by atoms with E-state index < -0.39 is 5.91 Å². The first-order valence-corrected chi connectivity index (χ1v) is 11.2. The van der Waals surface area contributed by atoms with Crippen molar-refractivity contribution in [1.29, 1.82) is 0 Å². The Morgan fingerprint density at radius 3 is 2.45 bits per heavy atom. The number of carbonyl (C=O) groups is 1. The molecule has 3 aromatic carbocycles. The Hall–Kier alpha value is -2.82. The van der Waals surface area contributed by atoms with E-state index in [1.807, 2.05) is 24.3 Å². The van der Waals surface area contributed by atoms with Gasteiger partial charge in [-0.2, -0.15) is 0 Å². The highest BCUT2D eigenvalue weighted by Crippen LogP contribution is 2.37. The SMILES string of the molecule is NC(=O)c1ccc2c(c1)CCc1cc(CN3CCCC3c3ccc(Cl)cc3)ccc1O2. The summed E-state index contributed by atoms with van der Waals surface area (Å²) in [5, 5.41) is 0.781. The van der Waals surface area contributed by atoms with Crippen LogP contribution in [0.2, 0.25) is 5.02 Å². The summed E-state index contributed by atoms with van der Waals surface area (Å²) in [6.07, 6.45) is 4.08. The largest absolute Gasteiger partial charge is 0.457 e. The lowest BCUT2D eigenvalue weighted by molar-refractivity contribution is 0.1000. The number of halogens is 1. The Bertz CT molecular complexity index is 1130. The van der Waals surface area contributed by atoms with Crippen LogP contribution in [0.15, 0.2) is 60.7 Å². The zero-order chi connectivity index (χ0) is 21.4. The minimum Gasteiger partial charge on any atom is -0.457 e. The van der Waals surface area contributed by atoms with Gasteiger partial charge < -0.3 is 10.5 Å². The first-order valence-electron chi connectivity index (χ1n) is 10.8. The van der Waals surface area contributed by atoms with Crippen molar-refractivity contribution in [1.82, 2.24) is 4.90 Å². The molecule has 0 saturated carbocycles. The van der Waals surface area contributed by atoms with Gasteiger partial charge in [0, 0.05) is 23.2 Å². The zero-order valence-electron chi connectivity index (χ0n) is 17.3. The molecular formula is C26H25ClN2O2. The molecular weight excluding hydrogens is 408 g/mol.